The normalized spacial score (nSPS) is 10.5. The fourth-order valence-corrected chi connectivity index (χ4v) is 0.949. The van der Waals surface area contributed by atoms with Crippen LogP contribution in [0.5, 0.6) is 0 Å². The van der Waals surface area contributed by atoms with Crippen molar-refractivity contribution in [1.82, 2.24) is 5.32 Å². The van der Waals surface area contributed by atoms with Gasteiger partial charge >= 0.3 is 0 Å². The van der Waals surface area contributed by atoms with Crippen LogP contribution < -0.4 is 5.32 Å². The molecule has 0 unspecified atom stereocenters. The molecule has 0 aromatic carbocycles. The molecule has 0 rings (SSSR count). The lowest BCUT2D eigenvalue weighted by molar-refractivity contribution is -0.118. The Labute approximate surface area is 75.0 Å². The van der Waals surface area contributed by atoms with Crippen LogP contribution in [0.15, 0.2) is 12.3 Å². The molecule has 0 atom stereocenters. The molecular formula is C10H19NO. The summed E-state index contributed by atoms with van der Waals surface area (Å²) in [5, 5.41) is 2.62. The minimum absolute atomic E-state index is 0.000178. The van der Waals surface area contributed by atoms with Gasteiger partial charge in [-0.15, -0.1) is 0 Å². The molecule has 0 aliphatic rings. The van der Waals surface area contributed by atoms with Gasteiger partial charge in [-0.3, -0.25) is 4.79 Å². The van der Waals surface area contributed by atoms with E-state index in [4.69, 9.17) is 0 Å². The molecule has 0 heterocycles. The van der Waals surface area contributed by atoms with Crippen molar-refractivity contribution in [3.05, 3.63) is 12.3 Å². The monoisotopic (exact) mass is 169 g/mol. The van der Waals surface area contributed by atoms with Crippen LogP contribution in [0.3, 0.4) is 0 Å². The minimum Gasteiger partial charge on any atom is -0.333 e. The predicted octanol–water partition coefficient (Wildman–Crippen LogP) is 2.61. The Morgan fingerprint density at radius 2 is 2.08 bits per heavy atom. The van der Waals surface area contributed by atoms with Gasteiger partial charge in [-0.1, -0.05) is 32.3 Å². The van der Waals surface area contributed by atoms with E-state index in [9.17, 15) is 4.79 Å². The Bertz CT molecular complexity index is 141. The van der Waals surface area contributed by atoms with E-state index in [1.165, 1.54) is 32.6 Å². The predicted molar refractivity (Wildman–Crippen MR) is 51.7 cm³/mol. The van der Waals surface area contributed by atoms with Gasteiger partial charge < -0.3 is 5.32 Å². The van der Waals surface area contributed by atoms with Crippen LogP contribution in [0.1, 0.15) is 46.0 Å². The maximum absolute atomic E-state index is 10.4. The van der Waals surface area contributed by atoms with E-state index in [1.54, 1.807) is 6.20 Å². The van der Waals surface area contributed by atoms with Gasteiger partial charge in [0.25, 0.3) is 0 Å². The maximum atomic E-state index is 10.4. The van der Waals surface area contributed by atoms with Crippen LogP contribution in [-0.4, -0.2) is 5.91 Å². The highest BCUT2D eigenvalue weighted by atomic mass is 16.1. The topological polar surface area (TPSA) is 29.1 Å². The van der Waals surface area contributed by atoms with E-state index in [-0.39, 0.29) is 5.91 Å². The summed E-state index contributed by atoms with van der Waals surface area (Å²) in [6.45, 7) is 3.72. The SMILES string of the molecule is CCCCCC/C=C\NC(C)=O. The molecule has 0 aliphatic heterocycles. The Hall–Kier alpha value is -0.790. The van der Waals surface area contributed by atoms with Gasteiger partial charge in [-0.2, -0.15) is 0 Å². The van der Waals surface area contributed by atoms with Crippen LogP contribution in [0.2, 0.25) is 0 Å². The Balaban J connectivity index is 3.08. The molecule has 0 spiro atoms. The number of allylic oxidation sites excluding steroid dienone is 1. The van der Waals surface area contributed by atoms with Crippen molar-refractivity contribution in [2.45, 2.75) is 46.0 Å². The number of carbonyl (C=O) groups excluding carboxylic acids is 1. The highest BCUT2D eigenvalue weighted by Crippen LogP contribution is 2.02. The molecule has 0 saturated carbocycles. The van der Waals surface area contributed by atoms with Gasteiger partial charge in [-0.25, -0.2) is 0 Å². The van der Waals surface area contributed by atoms with Crippen LogP contribution >= 0.6 is 0 Å². The van der Waals surface area contributed by atoms with Gasteiger partial charge in [-0.05, 0) is 19.0 Å². The molecule has 2 nitrogen and oxygen atoms in total. The Morgan fingerprint density at radius 3 is 2.67 bits per heavy atom. The Kier molecular flexibility index (Phi) is 7.76. The van der Waals surface area contributed by atoms with E-state index >= 15 is 0 Å². The van der Waals surface area contributed by atoms with Crippen LogP contribution in [0.25, 0.3) is 0 Å². The molecular weight excluding hydrogens is 150 g/mol. The highest BCUT2D eigenvalue weighted by Gasteiger charge is 1.85. The first-order chi connectivity index (χ1) is 5.77. The lowest BCUT2D eigenvalue weighted by Gasteiger charge is -1.94. The third-order valence-electron chi connectivity index (χ3n) is 1.63. The van der Waals surface area contributed by atoms with Gasteiger partial charge in [0.15, 0.2) is 0 Å². The number of amides is 1. The van der Waals surface area contributed by atoms with E-state index < -0.39 is 0 Å². The first-order valence-electron chi connectivity index (χ1n) is 4.69. The highest BCUT2D eigenvalue weighted by molar-refractivity contribution is 5.73. The number of carbonyl (C=O) groups is 1. The van der Waals surface area contributed by atoms with Crippen molar-refractivity contribution in [3.8, 4) is 0 Å². The summed E-state index contributed by atoms with van der Waals surface area (Å²) < 4.78 is 0. The molecule has 0 saturated heterocycles. The van der Waals surface area contributed by atoms with Gasteiger partial charge in [0.1, 0.15) is 0 Å². The third-order valence-corrected chi connectivity index (χ3v) is 1.63. The average molecular weight is 169 g/mol. The molecule has 1 amide bonds. The number of rotatable bonds is 6. The van der Waals surface area contributed by atoms with Crippen LogP contribution in [-0.2, 0) is 4.79 Å². The largest absolute Gasteiger partial charge is 0.333 e. The third kappa shape index (κ3) is 9.21. The molecule has 0 fully saturated rings. The Morgan fingerprint density at radius 1 is 1.33 bits per heavy atom. The van der Waals surface area contributed by atoms with Gasteiger partial charge in [0, 0.05) is 6.92 Å². The quantitative estimate of drug-likeness (QED) is 0.608. The maximum Gasteiger partial charge on any atom is 0.220 e. The van der Waals surface area contributed by atoms with Crippen molar-refractivity contribution < 1.29 is 4.79 Å². The number of unbranched alkanes of at least 4 members (excludes halogenated alkanes) is 4. The first-order valence-corrected chi connectivity index (χ1v) is 4.69. The second kappa shape index (κ2) is 8.31. The molecule has 0 aliphatic carbocycles. The summed E-state index contributed by atoms with van der Waals surface area (Å²) in [6.07, 6.45) is 9.92. The molecule has 0 aromatic heterocycles. The van der Waals surface area contributed by atoms with E-state index in [0.717, 1.165) is 6.42 Å². The second-order valence-electron chi connectivity index (χ2n) is 2.95. The zero-order chi connectivity index (χ0) is 9.23. The molecule has 12 heavy (non-hydrogen) atoms. The van der Waals surface area contributed by atoms with Crippen LogP contribution in [0.4, 0.5) is 0 Å². The molecule has 1 N–H and O–H groups in total. The smallest absolute Gasteiger partial charge is 0.220 e. The lowest BCUT2D eigenvalue weighted by Crippen LogP contribution is -2.11. The fourth-order valence-electron chi connectivity index (χ4n) is 0.949. The second-order valence-corrected chi connectivity index (χ2v) is 2.95. The van der Waals surface area contributed by atoms with Crippen molar-refractivity contribution in [2.75, 3.05) is 0 Å². The summed E-state index contributed by atoms with van der Waals surface area (Å²) >= 11 is 0. The van der Waals surface area contributed by atoms with Crippen molar-refractivity contribution >= 4 is 5.91 Å². The zero-order valence-corrected chi connectivity index (χ0v) is 8.10. The van der Waals surface area contributed by atoms with Gasteiger partial charge in [0.2, 0.25) is 5.91 Å². The summed E-state index contributed by atoms with van der Waals surface area (Å²) in [6, 6.07) is 0. The van der Waals surface area contributed by atoms with Gasteiger partial charge in [0.05, 0.1) is 0 Å². The minimum atomic E-state index is -0.000178. The first kappa shape index (κ1) is 11.2. The fraction of sp³-hybridized carbons (Fsp3) is 0.700. The summed E-state index contributed by atoms with van der Waals surface area (Å²) in [5.41, 5.74) is 0. The number of hydrogen-bond donors (Lipinski definition) is 1. The lowest BCUT2D eigenvalue weighted by atomic mass is 10.1. The van der Waals surface area contributed by atoms with Crippen molar-refractivity contribution in [2.24, 2.45) is 0 Å². The molecule has 0 radical (unpaired) electrons. The summed E-state index contributed by atoms with van der Waals surface area (Å²) in [7, 11) is 0. The molecule has 0 bridgehead atoms. The van der Waals surface area contributed by atoms with Crippen molar-refractivity contribution in [1.29, 1.82) is 0 Å². The van der Waals surface area contributed by atoms with E-state index in [1.807, 2.05) is 6.08 Å². The summed E-state index contributed by atoms with van der Waals surface area (Å²) in [4.78, 5) is 10.4. The summed E-state index contributed by atoms with van der Waals surface area (Å²) in [5.74, 6) is -0.000178. The number of hydrogen-bond acceptors (Lipinski definition) is 1. The van der Waals surface area contributed by atoms with Crippen molar-refractivity contribution in [3.63, 3.8) is 0 Å². The molecule has 70 valence electrons. The van der Waals surface area contributed by atoms with E-state index in [2.05, 4.69) is 12.2 Å². The molecule has 0 aromatic rings. The number of nitrogens with one attached hydrogen (secondary N) is 1. The molecule has 2 heteroatoms. The standard InChI is InChI=1S/C10H19NO/c1-3-4-5-6-7-8-9-11-10(2)12/h8-9H,3-7H2,1-2H3,(H,11,12)/b9-8-. The average Bonchev–Trinajstić information content (AvgIpc) is 2.02. The van der Waals surface area contributed by atoms with Crippen LogP contribution in [0, 0.1) is 0 Å². The van der Waals surface area contributed by atoms with E-state index in [0.29, 0.717) is 0 Å². The zero-order valence-electron chi connectivity index (χ0n) is 8.10.